The Morgan fingerprint density at radius 1 is 1.18 bits per heavy atom. The normalized spacial score (nSPS) is 20.7. The van der Waals surface area contributed by atoms with E-state index in [1.807, 2.05) is 30.3 Å². The summed E-state index contributed by atoms with van der Waals surface area (Å²) in [6.07, 6.45) is 3.32. The Balaban J connectivity index is 1.67. The van der Waals surface area contributed by atoms with Crippen LogP contribution in [0.2, 0.25) is 0 Å². The topological polar surface area (TPSA) is 74.2 Å². The first-order valence-electron chi connectivity index (χ1n) is 10.2. The molecule has 28 heavy (non-hydrogen) atoms. The van der Waals surface area contributed by atoms with Crippen molar-refractivity contribution in [2.45, 2.75) is 51.6 Å². The number of benzene rings is 1. The van der Waals surface area contributed by atoms with Crippen LogP contribution in [0.15, 0.2) is 35.4 Å². The summed E-state index contributed by atoms with van der Waals surface area (Å²) in [6.45, 7) is 7.37. The number of carbonyl (C=O) groups excluding carboxylic acids is 2. The van der Waals surface area contributed by atoms with Gasteiger partial charge in [0.1, 0.15) is 11.8 Å². The molecule has 0 bridgehead atoms. The number of nitrogens with one attached hydrogen (secondary N) is 1. The molecule has 7 heteroatoms. The number of amides is 1. The minimum Gasteiger partial charge on any atom is -0.461 e. The highest BCUT2D eigenvalue weighted by atomic mass is 16.5. The van der Waals surface area contributed by atoms with Gasteiger partial charge >= 0.3 is 5.97 Å². The van der Waals surface area contributed by atoms with E-state index in [-0.39, 0.29) is 25.0 Å². The third-order valence-corrected chi connectivity index (χ3v) is 5.22. The number of anilines is 1. The van der Waals surface area contributed by atoms with Gasteiger partial charge in [0.25, 0.3) is 0 Å². The van der Waals surface area contributed by atoms with Crippen molar-refractivity contribution in [3.63, 3.8) is 0 Å². The molecule has 152 valence electrons. The minimum absolute atomic E-state index is 0.0826. The molecule has 2 aliphatic rings. The SMILES string of the molecule is CCCN1CCC(NC(=O)C2CC(C(=O)OCC)=NN2c2ccccc2)CC1. The maximum Gasteiger partial charge on any atom is 0.354 e. The van der Waals surface area contributed by atoms with Crippen molar-refractivity contribution in [1.29, 1.82) is 0 Å². The number of nitrogens with zero attached hydrogens (tertiary/aromatic N) is 3. The van der Waals surface area contributed by atoms with Crippen molar-refractivity contribution in [3.8, 4) is 0 Å². The van der Waals surface area contributed by atoms with Gasteiger partial charge in [0.15, 0.2) is 0 Å². The molecule has 0 radical (unpaired) electrons. The molecule has 7 nitrogen and oxygen atoms in total. The van der Waals surface area contributed by atoms with Gasteiger partial charge in [-0.2, -0.15) is 5.10 Å². The number of para-hydroxylation sites is 1. The third kappa shape index (κ3) is 4.90. The molecule has 1 N–H and O–H groups in total. The lowest BCUT2D eigenvalue weighted by Crippen LogP contribution is -2.50. The van der Waals surface area contributed by atoms with E-state index in [9.17, 15) is 9.59 Å². The van der Waals surface area contributed by atoms with Crippen LogP contribution in [-0.2, 0) is 14.3 Å². The van der Waals surface area contributed by atoms with E-state index < -0.39 is 12.0 Å². The van der Waals surface area contributed by atoms with Crippen molar-refractivity contribution in [3.05, 3.63) is 30.3 Å². The summed E-state index contributed by atoms with van der Waals surface area (Å²) in [5.41, 5.74) is 1.09. The second-order valence-electron chi connectivity index (χ2n) is 7.29. The quantitative estimate of drug-likeness (QED) is 0.727. The largest absolute Gasteiger partial charge is 0.461 e. The Bertz CT molecular complexity index is 699. The molecule has 3 rings (SSSR count). The van der Waals surface area contributed by atoms with Crippen molar-refractivity contribution < 1.29 is 14.3 Å². The highest BCUT2D eigenvalue weighted by molar-refractivity contribution is 6.38. The lowest BCUT2D eigenvalue weighted by Gasteiger charge is -2.33. The average molecular weight is 386 g/mol. The summed E-state index contributed by atoms with van der Waals surface area (Å²) < 4.78 is 5.09. The van der Waals surface area contributed by atoms with Crippen LogP contribution in [0.4, 0.5) is 5.69 Å². The number of hydrazone groups is 1. The van der Waals surface area contributed by atoms with Crippen LogP contribution in [0.1, 0.15) is 39.5 Å². The highest BCUT2D eigenvalue weighted by Crippen LogP contribution is 2.25. The summed E-state index contributed by atoms with van der Waals surface area (Å²) in [5, 5.41) is 9.24. The standard InChI is InChI=1S/C21H30N4O3/c1-3-12-24-13-10-16(11-14-24)22-20(26)19-15-18(21(27)28-4-2)23-25(19)17-8-6-5-7-9-17/h5-9,16,19H,3-4,10-15H2,1-2H3,(H,22,26). The molecule has 0 saturated carbocycles. The van der Waals surface area contributed by atoms with E-state index >= 15 is 0 Å². The number of esters is 1. The van der Waals surface area contributed by atoms with Gasteiger partial charge in [-0.05, 0) is 44.9 Å². The molecule has 1 saturated heterocycles. The Hall–Kier alpha value is -2.41. The smallest absolute Gasteiger partial charge is 0.354 e. The first kappa shape index (κ1) is 20.3. The first-order chi connectivity index (χ1) is 13.6. The minimum atomic E-state index is -0.532. The van der Waals surface area contributed by atoms with Crippen LogP contribution < -0.4 is 10.3 Å². The van der Waals surface area contributed by atoms with E-state index in [2.05, 4.69) is 22.2 Å². The van der Waals surface area contributed by atoms with Crippen LogP contribution in [0.5, 0.6) is 0 Å². The number of rotatable bonds is 7. The molecule has 0 spiro atoms. The van der Waals surface area contributed by atoms with Crippen LogP contribution in [0.3, 0.4) is 0 Å². The number of hydrogen-bond donors (Lipinski definition) is 1. The molecule has 1 aromatic rings. The third-order valence-electron chi connectivity index (χ3n) is 5.22. The molecule has 1 aromatic carbocycles. The summed E-state index contributed by atoms with van der Waals surface area (Å²) >= 11 is 0. The van der Waals surface area contributed by atoms with E-state index in [4.69, 9.17) is 4.74 Å². The molecule has 1 fully saturated rings. The average Bonchev–Trinajstić information content (AvgIpc) is 3.16. The van der Waals surface area contributed by atoms with Gasteiger partial charge in [0.05, 0.1) is 12.3 Å². The monoisotopic (exact) mass is 386 g/mol. The van der Waals surface area contributed by atoms with Crippen LogP contribution in [0, 0.1) is 0 Å². The van der Waals surface area contributed by atoms with E-state index in [0.717, 1.165) is 44.6 Å². The fourth-order valence-corrected chi connectivity index (χ4v) is 3.79. The van der Waals surface area contributed by atoms with Crippen molar-refractivity contribution >= 4 is 23.3 Å². The second-order valence-corrected chi connectivity index (χ2v) is 7.29. The maximum absolute atomic E-state index is 13.0. The van der Waals surface area contributed by atoms with Gasteiger partial charge in [0.2, 0.25) is 5.91 Å². The molecule has 0 aromatic heterocycles. The Labute approximate surface area is 166 Å². The number of piperidine rings is 1. The van der Waals surface area contributed by atoms with Crippen LogP contribution in [-0.4, -0.2) is 60.8 Å². The molecule has 2 heterocycles. The van der Waals surface area contributed by atoms with Crippen molar-refractivity contribution in [2.75, 3.05) is 31.3 Å². The zero-order chi connectivity index (χ0) is 19.9. The first-order valence-corrected chi connectivity index (χ1v) is 10.2. The fourth-order valence-electron chi connectivity index (χ4n) is 3.79. The van der Waals surface area contributed by atoms with Gasteiger partial charge in [-0.1, -0.05) is 25.1 Å². The van der Waals surface area contributed by atoms with Crippen molar-refractivity contribution in [2.24, 2.45) is 5.10 Å². The number of hydrogen-bond acceptors (Lipinski definition) is 6. The lowest BCUT2D eigenvalue weighted by molar-refractivity contribution is -0.135. The summed E-state index contributed by atoms with van der Waals surface area (Å²) in [5.74, 6) is -0.535. The van der Waals surface area contributed by atoms with Gasteiger partial charge in [-0.25, -0.2) is 4.79 Å². The summed E-state index contributed by atoms with van der Waals surface area (Å²) in [7, 11) is 0. The van der Waals surface area contributed by atoms with Crippen molar-refractivity contribution in [1.82, 2.24) is 10.2 Å². The van der Waals surface area contributed by atoms with Gasteiger partial charge in [-0.15, -0.1) is 0 Å². The molecular formula is C21H30N4O3. The van der Waals surface area contributed by atoms with Crippen LogP contribution >= 0.6 is 0 Å². The molecule has 0 aliphatic carbocycles. The fraction of sp³-hybridized carbons (Fsp3) is 0.571. The molecule has 1 amide bonds. The molecule has 1 atom stereocenters. The van der Waals surface area contributed by atoms with E-state index in [0.29, 0.717) is 5.71 Å². The van der Waals surface area contributed by atoms with E-state index in [1.54, 1.807) is 11.9 Å². The molecule has 1 unspecified atom stereocenters. The van der Waals surface area contributed by atoms with Crippen LogP contribution in [0.25, 0.3) is 0 Å². The summed E-state index contributed by atoms with van der Waals surface area (Å²) in [4.78, 5) is 27.6. The Morgan fingerprint density at radius 2 is 1.89 bits per heavy atom. The zero-order valence-electron chi connectivity index (χ0n) is 16.8. The van der Waals surface area contributed by atoms with Gasteiger partial charge in [-0.3, -0.25) is 9.80 Å². The van der Waals surface area contributed by atoms with Gasteiger partial charge in [0, 0.05) is 25.6 Å². The maximum atomic E-state index is 13.0. The zero-order valence-corrected chi connectivity index (χ0v) is 16.8. The predicted octanol–water partition coefficient (Wildman–Crippen LogP) is 2.17. The number of ether oxygens (including phenoxy) is 1. The predicted molar refractivity (Wildman–Crippen MR) is 109 cm³/mol. The highest BCUT2D eigenvalue weighted by Gasteiger charge is 2.37. The summed E-state index contributed by atoms with van der Waals surface area (Å²) in [6, 6.07) is 9.12. The Kier molecular flexibility index (Phi) is 7.03. The number of carbonyl (C=O) groups is 2. The number of likely N-dealkylation sites (tertiary alicyclic amines) is 1. The Morgan fingerprint density at radius 3 is 2.54 bits per heavy atom. The molecular weight excluding hydrogens is 356 g/mol. The van der Waals surface area contributed by atoms with Gasteiger partial charge < -0.3 is 15.0 Å². The molecule has 2 aliphatic heterocycles. The lowest BCUT2D eigenvalue weighted by atomic mass is 10.0. The second kappa shape index (κ2) is 9.68. The van der Waals surface area contributed by atoms with E-state index in [1.165, 1.54) is 0 Å².